The van der Waals surface area contributed by atoms with E-state index in [2.05, 4.69) is 17.1 Å². The fourth-order valence-electron chi connectivity index (χ4n) is 1.74. The van der Waals surface area contributed by atoms with Gasteiger partial charge in [-0.25, -0.2) is 0 Å². The van der Waals surface area contributed by atoms with E-state index in [1.165, 1.54) is 6.20 Å². The van der Waals surface area contributed by atoms with Crippen LogP contribution in [0.3, 0.4) is 0 Å². The zero-order valence-electron chi connectivity index (χ0n) is 8.16. The van der Waals surface area contributed by atoms with Crippen molar-refractivity contribution in [2.24, 2.45) is 5.92 Å². The van der Waals surface area contributed by atoms with Gasteiger partial charge in [0.25, 0.3) is 5.91 Å². The normalized spacial score (nSPS) is 21.5. The van der Waals surface area contributed by atoms with Crippen molar-refractivity contribution in [2.45, 2.75) is 13.3 Å². The van der Waals surface area contributed by atoms with Crippen LogP contribution in [-0.2, 0) is 0 Å². The molecule has 1 fully saturated rings. The summed E-state index contributed by atoms with van der Waals surface area (Å²) in [5, 5.41) is 6.37. The molecule has 1 aromatic heterocycles. The monoisotopic (exact) mass is 194 g/mol. The number of aromatic amines is 1. The number of nitrogens with two attached hydrogens (primary N) is 1. The van der Waals surface area contributed by atoms with Gasteiger partial charge in [0.2, 0.25) is 0 Å². The number of carbonyl (C=O) groups is 1. The molecule has 0 saturated carbocycles. The number of H-pyrrole nitrogens is 1. The van der Waals surface area contributed by atoms with E-state index in [-0.39, 0.29) is 5.91 Å². The zero-order chi connectivity index (χ0) is 10.1. The fraction of sp³-hybridized carbons (Fsp3) is 0.556. The van der Waals surface area contributed by atoms with Crippen LogP contribution in [0.2, 0.25) is 0 Å². The number of hydrogen-bond donors (Lipinski definition) is 2. The van der Waals surface area contributed by atoms with Crippen molar-refractivity contribution in [3.05, 3.63) is 11.9 Å². The van der Waals surface area contributed by atoms with Gasteiger partial charge in [0.05, 0.1) is 11.9 Å². The molecule has 2 rings (SSSR count). The van der Waals surface area contributed by atoms with E-state index >= 15 is 0 Å². The highest BCUT2D eigenvalue weighted by atomic mass is 16.2. The Bertz CT molecular complexity index is 346. The van der Waals surface area contributed by atoms with E-state index in [0.29, 0.717) is 17.3 Å². The van der Waals surface area contributed by atoms with Crippen molar-refractivity contribution >= 4 is 11.6 Å². The zero-order valence-corrected chi connectivity index (χ0v) is 8.16. The maximum atomic E-state index is 11.8. The summed E-state index contributed by atoms with van der Waals surface area (Å²) in [6, 6.07) is 0. The molecule has 0 radical (unpaired) electrons. The van der Waals surface area contributed by atoms with E-state index in [9.17, 15) is 4.79 Å². The Labute approximate surface area is 82.3 Å². The first-order valence-corrected chi connectivity index (χ1v) is 4.76. The Morgan fingerprint density at radius 2 is 2.57 bits per heavy atom. The van der Waals surface area contributed by atoms with Crippen molar-refractivity contribution in [1.82, 2.24) is 15.1 Å². The Kier molecular flexibility index (Phi) is 2.15. The largest absolute Gasteiger partial charge is 0.396 e. The average Bonchev–Trinajstić information content (AvgIpc) is 2.73. The van der Waals surface area contributed by atoms with Crippen molar-refractivity contribution in [3.8, 4) is 0 Å². The van der Waals surface area contributed by atoms with Crippen LogP contribution < -0.4 is 5.73 Å². The summed E-state index contributed by atoms with van der Waals surface area (Å²) >= 11 is 0. The number of amides is 1. The van der Waals surface area contributed by atoms with Gasteiger partial charge in [-0.15, -0.1) is 0 Å². The van der Waals surface area contributed by atoms with Crippen molar-refractivity contribution in [1.29, 1.82) is 0 Å². The molecule has 1 amide bonds. The third-order valence-electron chi connectivity index (χ3n) is 2.59. The summed E-state index contributed by atoms with van der Waals surface area (Å²) in [5.41, 5.74) is 6.44. The number of rotatable bonds is 1. The van der Waals surface area contributed by atoms with Gasteiger partial charge in [-0.1, -0.05) is 6.92 Å². The maximum absolute atomic E-state index is 11.8. The number of carbonyl (C=O) groups excluding carboxylic acids is 1. The molecule has 5 heteroatoms. The summed E-state index contributed by atoms with van der Waals surface area (Å²) in [6.07, 6.45) is 2.53. The summed E-state index contributed by atoms with van der Waals surface area (Å²) in [4.78, 5) is 13.7. The second-order valence-corrected chi connectivity index (χ2v) is 3.85. The van der Waals surface area contributed by atoms with Crippen LogP contribution in [-0.4, -0.2) is 34.1 Å². The molecule has 5 nitrogen and oxygen atoms in total. The summed E-state index contributed by atoms with van der Waals surface area (Å²) < 4.78 is 0. The minimum Gasteiger partial charge on any atom is -0.396 e. The second-order valence-electron chi connectivity index (χ2n) is 3.85. The Morgan fingerprint density at radius 1 is 1.79 bits per heavy atom. The average molecular weight is 194 g/mol. The van der Waals surface area contributed by atoms with Gasteiger partial charge in [-0.3, -0.25) is 9.89 Å². The highest BCUT2D eigenvalue weighted by Gasteiger charge is 2.26. The highest BCUT2D eigenvalue weighted by Crippen LogP contribution is 2.18. The fourth-order valence-corrected chi connectivity index (χ4v) is 1.74. The summed E-state index contributed by atoms with van der Waals surface area (Å²) in [6.45, 7) is 3.78. The molecule has 14 heavy (non-hydrogen) atoms. The first kappa shape index (κ1) is 9.05. The molecule has 1 aromatic rings. The van der Waals surface area contributed by atoms with Gasteiger partial charge < -0.3 is 10.6 Å². The van der Waals surface area contributed by atoms with Crippen LogP contribution in [0, 0.1) is 5.92 Å². The van der Waals surface area contributed by atoms with Crippen LogP contribution >= 0.6 is 0 Å². The minimum atomic E-state index is -0.0376. The topological polar surface area (TPSA) is 75.0 Å². The molecular weight excluding hydrogens is 180 g/mol. The summed E-state index contributed by atoms with van der Waals surface area (Å²) in [7, 11) is 0. The second kappa shape index (κ2) is 3.32. The van der Waals surface area contributed by atoms with Crippen LogP contribution in [0.15, 0.2) is 6.20 Å². The lowest BCUT2D eigenvalue weighted by Crippen LogP contribution is -2.29. The van der Waals surface area contributed by atoms with Crippen molar-refractivity contribution in [2.75, 3.05) is 18.8 Å². The van der Waals surface area contributed by atoms with Gasteiger partial charge in [-0.2, -0.15) is 5.10 Å². The quantitative estimate of drug-likeness (QED) is 0.682. The van der Waals surface area contributed by atoms with Gasteiger partial charge in [-0.05, 0) is 12.3 Å². The van der Waals surface area contributed by atoms with Gasteiger partial charge in [0, 0.05) is 13.1 Å². The molecule has 0 bridgehead atoms. The van der Waals surface area contributed by atoms with E-state index in [4.69, 9.17) is 5.73 Å². The lowest BCUT2D eigenvalue weighted by Gasteiger charge is -2.14. The number of nitrogens with zero attached hydrogens (tertiary/aromatic N) is 2. The van der Waals surface area contributed by atoms with Crippen LogP contribution in [0.1, 0.15) is 23.8 Å². The Balaban J connectivity index is 2.13. The molecule has 2 heterocycles. The van der Waals surface area contributed by atoms with Gasteiger partial charge in [0.1, 0.15) is 5.69 Å². The van der Waals surface area contributed by atoms with E-state index < -0.39 is 0 Å². The standard InChI is InChI=1S/C9H14N4O/c1-6-2-3-13(5-6)9(14)8-7(10)4-11-12-8/h4,6H,2-3,5,10H2,1H3,(H,11,12). The third kappa shape index (κ3) is 1.45. The van der Waals surface area contributed by atoms with Crippen LogP contribution in [0.25, 0.3) is 0 Å². The lowest BCUT2D eigenvalue weighted by atomic mass is 10.2. The van der Waals surface area contributed by atoms with E-state index in [0.717, 1.165) is 19.5 Å². The number of anilines is 1. The van der Waals surface area contributed by atoms with Crippen LogP contribution in [0.4, 0.5) is 5.69 Å². The molecule has 0 aliphatic carbocycles. The number of nitrogens with one attached hydrogen (secondary N) is 1. The molecule has 1 aliphatic heterocycles. The first-order chi connectivity index (χ1) is 6.68. The van der Waals surface area contributed by atoms with Crippen molar-refractivity contribution < 1.29 is 4.79 Å². The predicted molar refractivity (Wildman–Crippen MR) is 52.7 cm³/mol. The molecule has 1 unspecified atom stereocenters. The minimum absolute atomic E-state index is 0.0376. The Morgan fingerprint density at radius 3 is 3.07 bits per heavy atom. The number of hydrogen-bond acceptors (Lipinski definition) is 3. The number of aromatic nitrogens is 2. The van der Waals surface area contributed by atoms with Crippen molar-refractivity contribution in [3.63, 3.8) is 0 Å². The third-order valence-corrected chi connectivity index (χ3v) is 2.59. The molecule has 0 aromatic carbocycles. The molecule has 76 valence electrons. The van der Waals surface area contributed by atoms with Gasteiger partial charge in [0.15, 0.2) is 0 Å². The smallest absolute Gasteiger partial charge is 0.274 e. The molecular formula is C9H14N4O. The Hall–Kier alpha value is -1.52. The van der Waals surface area contributed by atoms with E-state index in [1.807, 2.05) is 4.90 Å². The molecule has 3 N–H and O–H groups in total. The molecule has 1 atom stereocenters. The first-order valence-electron chi connectivity index (χ1n) is 4.76. The highest BCUT2D eigenvalue weighted by molar-refractivity contribution is 5.97. The molecule has 1 saturated heterocycles. The number of likely N-dealkylation sites (tertiary alicyclic amines) is 1. The molecule has 0 spiro atoms. The van der Waals surface area contributed by atoms with Crippen LogP contribution in [0.5, 0.6) is 0 Å². The SMILES string of the molecule is CC1CCN(C(=O)c2[nH]ncc2N)C1. The predicted octanol–water partition coefficient (Wildman–Crippen LogP) is 0.474. The molecule has 1 aliphatic rings. The maximum Gasteiger partial charge on any atom is 0.274 e. The van der Waals surface area contributed by atoms with E-state index in [1.54, 1.807) is 0 Å². The summed E-state index contributed by atoms with van der Waals surface area (Å²) in [5.74, 6) is 0.549. The van der Waals surface area contributed by atoms with Gasteiger partial charge >= 0.3 is 0 Å². The number of nitrogen functional groups attached to an aromatic ring is 1. The lowest BCUT2D eigenvalue weighted by molar-refractivity contribution is 0.0783.